The Labute approximate surface area is 125 Å². The van der Waals surface area contributed by atoms with E-state index in [1.54, 1.807) is 17.8 Å². The van der Waals surface area contributed by atoms with E-state index in [2.05, 4.69) is 10.6 Å². The third kappa shape index (κ3) is 4.46. The lowest BCUT2D eigenvalue weighted by atomic mass is 10.2. The number of urea groups is 1. The molecule has 0 aliphatic carbocycles. The summed E-state index contributed by atoms with van der Waals surface area (Å²) in [6.07, 6.45) is 1.95. The molecule has 0 bridgehead atoms. The van der Waals surface area contributed by atoms with Gasteiger partial charge in [-0.25, -0.2) is 13.6 Å². The van der Waals surface area contributed by atoms with Crippen molar-refractivity contribution in [1.29, 1.82) is 0 Å². The van der Waals surface area contributed by atoms with Crippen molar-refractivity contribution >= 4 is 23.5 Å². The van der Waals surface area contributed by atoms with E-state index in [1.165, 1.54) is 6.07 Å². The molecule has 0 saturated carbocycles. The maximum absolute atomic E-state index is 13.0. The molecule has 0 heterocycles. The molecule has 6 heteroatoms. The molecular weight excluding hydrogens is 294 g/mol. The number of carbonyl (C=O) groups excluding carboxylic acids is 1. The lowest BCUT2D eigenvalue weighted by Gasteiger charge is -2.08. The molecule has 0 radical (unpaired) electrons. The summed E-state index contributed by atoms with van der Waals surface area (Å²) in [5.41, 5.74) is 1.16. The van der Waals surface area contributed by atoms with Gasteiger partial charge in [-0.2, -0.15) is 0 Å². The van der Waals surface area contributed by atoms with Crippen molar-refractivity contribution in [1.82, 2.24) is 5.32 Å². The maximum Gasteiger partial charge on any atom is 0.319 e. The molecule has 110 valence electrons. The molecule has 2 aromatic rings. The van der Waals surface area contributed by atoms with Crippen molar-refractivity contribution in [3.05, 3.63) is 59.7 Å². The number of hydrogen-bond acceptors (Lipinski definition) is 2. The highest BCUT2D eigenvalue weighted by Gasteiger charge is 2.05. The van der Waals surface area contributed by atoms with Crippen molar-refractivity contribution in [3.63, 3.8) is 0 Å². The molecule has 21 heavy (non-hydrogen) atoms. The number of anilines is 1. The van der Waals surface area contributed by atoms with E-state index in [9.17, 15) is 13.6 Å². The van der Waals surface area contributed by atoms with Gasteiger partial charge in [-0.15, -0.1) is 11.8 Å². The fraction of sp³-hybridized carbons (Fsp3) is 0.133. The largest absolute Gasteiger partial charge is 0.334 e. The van der Waals surface area contributed by atoms with E-state index in [0.717, 1.165) is 17.0 Å². The summed E-state index contributed by atoms with van der Waals surface area (Å²) in [7, 11) is 0. The number of rotatable bonds is 4. The molecule has 2 aromatic carbocycles. The minimum Gasteiger partial charge on any atom is -0.334 e. The van der Waals surface area contributed by atoms with E-state index < -0.39 is 17.7 Å². The van der Waals surface area contributed by atoms with Crippen molar-refractivity contribution in [2.24, 2.45) is 0 Å². The molecule has 3 nitrogen and oxygen atoms in total. The zero-order valence-corrected chi connectivity index (χ0v) is 12.1. The van der Waals surface area contributed by atoms with Gasteiger partial charge in [0, 0.05) is 17.1 Å². The molecule has 0 saturated heterocycles. The summed E-state index contributed by atoms with van der Waals surface area (Å²) in [5, 5.41) is 5.27. The Balaban J connectivity index is 1.90. The average molecular weight is 308 g/mol. The average Bonchev–Trinajstić information content (AvgIpc) is 2.48. The van der Waals surface area contributed by atoms with Gasteiger partial charge >= 0.3 is 6.03 Å². The third-order valence-electron chi connectivity index (χ3n) is 2.76. The zero-order chi connectivity index (χ0) is 15.2. The minimum absolute atomic E-state index is 0.116. The minimum atomic E-state index is -0.928. The van der Waals surface area contributed by atoms with Crippen LogP contribution in [-0.4, -0.2) is 12.3 Å². The van der Waals surface area contributed by atoms with Crippen LogP contribution in [0, 0.1) is 11.6 Å². The van der Waals surface area contributed by atoms with Crippen LogP contribution >= 0.6 is 11.8 Å². The van der Waals surface area contributed by atoms with E-state index in [0.29, 0.717) is 11.3 Å². The van der Waals surface area contributed by atoms with Crippen LogP contribution in [0.2, 0.25) is 0 Å². The Bertz CT molecular complexity index is 649. The van der Waals surface area contributed by atoms with Crippen molar-refractivity contribution < 1.29 is 13.6 Å². The van der Waals surface area contributed by atoms with Gasteiger partial charge in [0.2, 0.25) is 0 Å². The molecular formula is C15H14F2N2OS. The van der Waals surface area contributed by atoms with Gasteiger partial charge in [0.25, 0.3) is 0 Å². The molecule has 0 aliphatic rings. The summed E-state index contributed by atoms with van der Waals surface area (Å²) in [6, 6.07) is 10.5. The predicted octanol–water partition coefficient (Wildman–Crippen LogP) is 4.01. The van der Waals surface area contributed by atoms with Crippen LogP contribution < -0.4 is 10.6 Å². The molecule has 0 fully saturated rings. The highest BCUT2D eigenvalue weighted by Crippen LogP contribution is 2.18. The van der Waals surface area contributed by atoms with Crippen LogP contribution in [0.25, 0.3) is 0 Å². The molecule has 2 N–H and O–H groups in total. The SMILES string of the molecule is CSc1cccc(NC(=O)NCc2ccc(F)c(F)c2)c1. The fourth-order valence-electron chi connectivity index (χ4n) is 1.71. The quantitative estimate of drug-likeness (QED) is 0.838. The normalized spacial score (nSPS) is 10.2. The summed E-state index contributed by atoms with van der Waals surface area (Å²) in [5.74, 6) is -1.83. The summed E-state index contributed by atoms with van der Waals surface area (Å²) < 4.78 is 25.8. The molecule has 2 amide bonds. The third-order valence-corrected chi connectivity index (χ3v) is 3.49. The van der Waals surface area contributed by atoms with Gasteiger partial charge < -0.3 is 10.6 Å². The van der Waals surface area contributed by atoms with Gasteiger partial charge in [-0.3, -0.25) is 0 Å². The van der Waals surface area contributed by atoms with Gasteiger partial charge in [0.1, 0.15) is 0 Å². The van der Waals surface area contributed by atoms with E-state index in [1.807, 2.05) is 24.5 Å². The van der Waals surface area contributed by atoms with Crippen LogP contribution in [0.5, 0.6) is 0 Å². The number of hydrogen-bond donors (Lipinski definition) is 2. The maximum atomic E-state index is 13.0. The number of benzene rings is 2. The predicted molar refractivity (Wildman–Crippen MR) is 80.4 cm³/mol. The second-order valence-corrected chi connectivity index (χ2v) is 5.17. The first-order valence-corrected chi connectivity index (χ1v) is 7.44. The number of amides is 2. The second-order valence-electron chi connectivity index (χ2n) is 4.29. The molecule has 0 unspecified atom stereocenters. The summed E-state index contributed by atoms with van der Waals surface area (Å²) in [4.78, 5) is 12.8. The Morgan fingerprint density at radius 2 is 1.95 bits per heavy atom. The number of halogens is 2. The number of thioether (sulfide) groups is 1. The smallest absolute Gasteiger partial charge is 0.319 e. The molecule has 0 spiro atoms. The topological polar surface area (TPSA) is 41.1 Å². The molecule has 2 rings (SSSR count). The van der Waals surface area contributed by atoms with Crippen LogP contribution in [0.3, 0.4) is 0 Å². The fourth-order valence-corrected chi connectivity index (χ4v) is 2.17. The molecule has 0 aliphatic heterocycles. The first-order chi connectivity index (χ1) is 10.1. The van der Waals surface area contributed by atoms with Crippen LogP contribution in [0.15, 0.2) is 47.4 Å². The van der Waals surface area contributed by atoms with Gasteiger partial charge in [0.05, 0.1) is 0 Å². The van der Waals surface area contributed by atoms with Crippen LogP contribution in [0.4, 0.5) is 19.3 Å². The number of carbonyl (C=O) groups is 1. The molecule has 0 aromatic heterocycles. The summed E-state index contributed by atoms with van der Waals surface area (Å²) >= 11 is 1.57. The Morgan fingerprint density at radius 1 is 1.14 bits per heavy atom. The zero-order valence-electron chi connectivity index (χ0n) is 11.3. The monoisotopic (exact) mass is 308 g/mol. The van der Waals surface area contributed by atoms with Gasteiger partial charge in [-0.05, 0) is 42.2 Å². The highest BCUT2D eigenvalue weighted by atomic mass is 32.2. The Hall–Kier alpha value is -2.08. The van der Waals surface area contributed by atoms with Gasteiger partial charge in [-0.1, -0.05) is 12.1 Å². The lowest BCUT2D eigenvalue weighted by Crippen LogP contribution is -2.28. The van der Waals surface area contributed by atoms with Crippen molar-refractivity contribution in [2.45, 2.75) is 11.4 Å². The first kappa shape index (κ1) is 15.3. The Morgan fingerprint density at radius 3 is 2.67 bits per heavy atom. The first-order valence-electron chi connectivity index (χ1n) is 6.21. The molecule has 0 atom stereocenters. The van der Waals surface area contributed by atoms with E-state index in [-0.39, 0.29) is 6.54 Å². The van der Waals surface area contributed by atoms with E-state index >= 15 is 0 Å². The lowest BCUT2D eigenvalue weighted by molar-refractivity contribution is 0.251. The van der Waals surface area contributed by atoms with Crippen LogP contribution in [0.1, 0.15) is 5.56 Å². The standard InChI is InChI=1S/C15H14F2N2OS/c1-21-12-4-2-3-11(8-12)19-15(20)18-9-10-5-6-13(16)14(17)7-10/h2-8H,9H2,1H3,(H2,18,19,20). The number of nitrogens with one attached hydrogen (secondary N) is 2. The Kier molecular flexibility index (Phi) is 5.16. The second kappa shape index (κ2) is 7.08. The van der Waals surface area contributed by atoms with E-state index in [4.69, 9.17) is 0 Å². The van der Waals surface area contributed by atoms with Crippen molar-refractivity contribution in [2.75, 3.05) is 11.6 Å². The van der Waals surface area contributed by atoms with Gasteiger partial charge in [0.15, 0.2) is 11.6 Å². The highest BCUT2D eigenvalue weighted by molar-refractivity contribution is 7.98. The van der Waals surface area contributed by atoms with Crippen molar-refractivity contribution in [3.8, 4) is 0 Å². The summed E-state index contributed by atoms with van der Waals surface area (Å²) in [6.45, 7) is 0.116. The van der Waals surface area contributed by atoms with Crippen LogP contribution in [-0.2, 0) is 6.54 Å².